The highest BCUT2D eigenvalue weighted by molar-refractivity contribution is 7.78. The lowest BCUT2D eigenvalue weighted by atomic mass is 10.2. The minimum atomic E-state index is -0.304. The summed E-state index contributed by atoms with van der Waals surface area (Å²) in [7, 11) is 2.16. The Kier molecular flexibility index (Phi) is 6.52. The summed E-state index contributed by atoms with van der Waals surface area (Å²) in [4.78, 5) is 15.7. The number of likely N-dealkylation sites (N-methyl/N-ethyl adjacent to an activating group) is 1. The van der Waals surface area contributed by atoms with Gasteiger partial charge in [0.1, 0.15) is 13.2 Å². The fourth-order valence-corrected chi connectivity index (χ4v) is 1.81. The van der Waals surface area contributed by atoms with Gasteiger partial charge in [-0.05, 0) is 50.3 Å². The third-order valence-corrected chi connectivity index (χ3v) is 3.76. The number of rotatable bonds is 7. The van der Waals surface area contributed by atoms with Crippen LogP contribution in [0.5, 0.6) is 0 Å². The number of esters is 1. The van der Waals surface area contributed by atoms with E-state index in [1.54, 1.807) is 24.3 Å². The molecular formula is C15H21N2O2S+. The fourth-order valence-electron chi connectivity index (χ4n) is 1.71. The highest BCUT2D eigenvalue weighted by Gasteiger charge is 2.17. The normalized spacial score (nSPS) is 10.8. The van der Waals surface area contributed by atoms with Crippen LogP contribution in [0.1, 0.15) is 24.2 Å². The Bertz CT molecular complexity index is 489. The zero-order valence-corrected chi connectivity index (χ0v) is 13.1. The summed E-state index contributed by atoms with van der Waals surface area (Å²) in [6, 6.07) is 6.80. The van der Waals surface area contributed by atoms with E-state index in [0.717, 1.165) is 24.1 Å². The van der Waals surface area contributed by atoms with Crippen molar-refractivity contribution in [3.8, 4) is 0 Å². The molecule has 0 radical (unpaired) electrons. The SMILES string of the molecule is CC[N+](C)(CC)CCOC(=O)c1ccc(N=C=S)cc1. The number of carbonyl (C=O) groups excluding carboxylic acids is 1. The van der Waals surface area contributed by atoms with E-state index >= 15 is 0 Å². The maximum atomic E-state index is 11.9. The Morgan fingerprint density at radius 2 is 1.90 bits per heavy atom. The van der Waals surface area contributed by atoms with Gasteiger partial charge in [-0.15, -0.1) is 0 Å². The molecule has 0 N–H and O–H groups in total. The second kappa shape index (κ2) is 7.90. The lowest BCUT2D eigenvalue weighted by Crippen LogP contribution is -2.46. The molecule has 0 fully saturated rings. The number of hydrogen-bond donors (Lipinski definition) is 0. The van der Waals surface area contributed by atoms with Gasteiger partial charge in [-0.1, -0.05) is 0 Å². The largest absolute Gasteiger partial charge is 0.456 e. The molecule has 0 amide bonds. The minimum Gasteiger partial charge on any atom is -0.456 e. The van der Waals surface area contributed by atoms with Crippen LogP contribution in [0.2, 0.25) is 0 Å². The molecule has 0 saturated carbocycles. The van der Waals surface area contributed by atoms with Crippen molar-refractivity contribution in [2.24, 2.45) is 4.99 Å². The Balaban J connectivity index is 2.53. The summed E-state index contributed by atoms with van der Waals surface area (Å²) >= 11 is 4.52. The molecule has 1 rings (SSSR count). The molecule has 20 heavy (non-hydrogen) atoms. The maximum Gasteiger partial charge on any atom is 0.338 e. The van der Waals surface area contributed by atoms with Crippen LogP contribution in [0.25, 0.3) is 0 Å². The molecule has 1 aromatic carbocycles. The van der Waals surface area contributed by atoms with Gasteiger partial charge in [0.2, 0.25) is 0 Å². The summed E-state index contributed by atoms with van der Waals surface area (Å²) in [5.74, 6) is -0.304. The summed E-state index contributed by atoms with van der Waals surface area (Å²) < 4.78 is 6.20. The topological polar surface area (TPSA) is 38.7 Å². The third kappa shape index (κ3) is 4.85. The number of benzene rings is 1. The molecule has 0 atom stereocenters. The first-order valence-corrected chi connectivity index (χ1v) is 7.14. The van der Waals surface area contributed by atoms with E-state index in [9.17, 15) is 4.79 Å². The Hall–Kier alpha value is -1.55. The van der Waals surface area contributed by atoms with Crippen molar-refractivity contribution in [3.63, 3.8) is 0 Å². The molecule has 108 valence electrons. The molecule has 0 spiro atoms. The molecule has 0 aliphatic carbocycles. The predicted octanol–water partition coefficient (Wildman–Crippen LogP) is 3.06. The standard InChI is InChI=1S/C15H21N2O2S/c1-4-17(3,5-2)10-11-19-15(18)13-6-8-14(9-7-13)16-12-20/h6-9H,4-5,10-11H2,1-3H3/q+1. The van der Waals surface area contributed by atoms with Crippen LogP contribution < -0.4 is 0 Å². The molecule has 0 bridgehead atoms. The molecule has 0 saturated heterocycles. The predicted molar refractivity (Wildman–Crippen MR) is 83.5 cm³/mol. The molecule has 0 heterocycles. The van der Waals surface area contributed by atoms with Crippen molar-refractivity contribution in [2.75, 3.05) is 33.3 Å². The summed E-state index contributed by atoms with van der Waals surface area (Å²) in [5.41, 5.74) is 1.20. The van der Waals surface area contributed by atoms with Crippen LogP contribution in [-0.2, 0) is 4.74 Å². The highest BCUT2D eigenvalue weighted by atomic mass is 32.1. The van der Waals surface area contributed by atoms with E-state index in [1.807, 2.05) is 0 Å². The second-order valence-corrected chi connectivity index (χ2v) is 5.04. The first-order valence-electron chi connectivity index (χ1n) is 6.73. The first-order chi connectivity index (χ1) is 9.54. The van der Waals surface area contributed by atoms with Crippen LogP contribution >= 0.6 is 12.2 Å². The Morgan fingerprint density at radius 3 is 2.40 bits per heavy atom. The zero-order chi connectivity index (χ0) is 15.0. The van der Waals surface area contributed by atoms with E-state index in [4.69, 9.17) is 4.74 Å². The molecule has 0 aliphatic rings. The molecule has 4 nitrogen and oxygen atoms in total. The number of thiocarbonyl (C=S) groups is 1. The van der Waals surface area contributed by atoms with E-state index < -0.39 is 0 Å². The number of quaternary nitrogens is 1. The Labute approximate surface area is 125 Å². The van der Waals surface area contributed by atoms with Crippen molar-refractivity contribution in [2.45, 2.75) is 13.8 Å². The van der Waals surface area contributed by atoms with Gasteiger partial charge < -0.3 is 9.22 Å². The van der Waals surface area contributed by atoms with E-state index in [1.165, 1.54) is 0 Å². The lowest BCUT2D eigenvalue weighted by Gasteiger charge is -2.31. The van der Waals surface area contributed by atoms with Gasteiger partial charge in [0.15, 0.2) is 0 Å². The molecule has 5 heteroatoms. The van der Waals surface area contributed by atoms with Gasteiger partial charge in [-0.2, -0.15) is 4.99 Å². The van der Waals surface area contributed by atoms with Crippen molar-refractivity contribution in [3.05, 3.63) is 29.8 Å². The Morgan fingerprint density at radius 1 is 1.30 bits per heavy atom. The minimum absolute atomic E-state index is 0.304. The first kappa shape index (κ1) is 16.5. The second-order valence-electron chi connectivity index (χ2n) is 4.86. The van der Waals surface area contributed by atoms with E-state index in [0.29, 0.717) is 17.9 Å². The fraction of sp³-hybridized carbons (Fsp3) is 0.467. The summed E-state index contributed by atoms with van der Waals surface area (Å²) in [5, 5.41) is 2.29. The maximum absolute atomic E-state index is 11.9. The molecule has 1 aromatic rings. The van der Waals surface area contributed by atoms with Gasteiger partial charge in [0.25, 0.3) is 0 Å². The van der Waals surface area contributed by atoms with Crippen molar-refractivity contribution < 1.29 is 14.0 Å². The molecule has 0 aromatic heterocycles. The van der Waals surface area contributed by atoms with E-state index in [2.05, 4.69) is 43.3 Å². The lowest BCUT2D eigenvalue weighted by molar-refractivity contribution is -0.906. The van der Waals surface area contributed by atoms with Crippen molar-refractivity contribution in [1.82, 2.24) is 0 Å². The molecule has 0 aliphatic heterocycles. The number of isothiocyanates is 1. The van der Waals surface area contributed by atoms with Crippen LogP contribution in [0.3, 0.4) is 0 Å². The van der Waals surface area contributed by atoms with Gasteiger partial charge >= 0.3 is 5.97 Å². The summed E-state index contributed by atoms with van der Waals surface area (Å²) in [6.07, 6.45) is 0. The smallest absolute Gasteiger partial charge is 0.338 e. The van der Waals surface area contributed by atoms with Crippen LogP contribution in [-0.4, -0.2) is 48.9 Å². The third-order valence-electron chi connectivity index (χ3n) is 3.67. The van der Waals surface area contributed by atoms with Crippen LogP contribution in [0.15, 0.2) is 29.3 Å². The van der Waals surface area contributed by atoms with Crippen LogP contribution in [0, 0.1) is 0 Å². The van der Waals surface area contributed by atoms with Gasteiger partial charge in [-0.25, -0.2) is 4.79 Å². The average Bonchev–Trinajstić information content (AvgIpc) is 2.48. The monoisotopic (exact) mass is 293 g/mol. The van der Waals surface area contributed by atoms with Gasteiger partial charge in [0, 0.05) is 0 Å². The average molecular weight is 293 g/mol. The number of carbonyl (C=O) groups is 1. The number of ether oxygens (including phenoxy) is 1. The number of nitrogens with zero attached hydrogens (tertiary/aromatic N) is 2. The van der Waals surface area contributed by atoms with Gasteiger partial charge in [0.05, 0.1) is 36.5 Å². The number of hydrogen-bond acceptors (Lipinski definition) is 4. The molecular weight excluding hydrogens is 272 g/mol. The van der Waals surface area contributed by atoms with Crippen LogP contribution in [0.4, 0.5) is 5.69 Å². The van der Waals surface area contributed by atoms with Crippen molar-refractivity contribution >= 4 is 29.0 Å². The van der Waals surface area contributed by atoms with Gasteiger partial charge in [-0.3, -0.25) is 0 Å². The van der Waals surface area contributed by atoms with E-state index in [-0.39, 0.29) is 5.97 Å². The highest BCUT2D eigenvalue weighted by Crippen LogP contribution is 2.13. The zero-order valence-electron chi connectivity index (χ0n) is 12.3. The van der Waals surface area contributed by atoms with Crippen molar-refractivity contribution in [1.29, 1.82) is 0 Å². The quantitative estimate of drug-likeness (QED) is 0.336. The summed E-state index contributed by atoms with van der Waals surface area (Å²) in [6.45, 7) is 7.58. The molecule has 0 unspecified atom stereocenters. The number of aliphatic imine (C=N–C) groups is 1.